The number of ether oxygens (including phenoxy) is 1. The van der Waals surface area contributed by atoms with Gasteiger partial charge in [-0.15, -0.1) is 11.3 Å². The second kappa shape index (κ2) is 10.9. The van der Waals surface area contributed by atoms with Crippen LogP contribution in [0.2, 0.25) is 0 Å². The molecule has 1 heterocycles. The molecule has 8 heteroatoms. The number of nitrogens with zero attached hydrogens (tertiary/aromatic N) is 1. The lowest BCUT2D eigenvalue weighted by Gasteiger charge is -2.18. The van der Waals surface area contributed by atoms with Crippen molar-refractivity contribution in [2.75, 3.05) is 25.5 Å². The van der Waals surface area contributed by atoms with Gasteiger partial charge in [0.25, 0.3) is 5.91 Å². The molecule has 1 aromatic heterocycles. The number of anilines is 1. The molecule has 7 nitrogen and oxygen atoms in total. The van der Waals surface area contributed by atoms with Crippen molar-refractivity contribution in [2.45, 2.75) is 40.5 Å². The van der Waals surface area contributed by atoms with Gasteiger partial charge < -0.3 is 15.0 Å². The molecule has 0 atom stereocenters. The van der Waals surface area contributed by atoms with Gasteiger partial charge in [-0.05, 0) is 44.9 Å². The maximum atomic E-state index is 12.3. The van der Waals surface area contributed by atoms with Gasteiger partial charge in [0.15, 0.2) is 12.4 Å². The summed E-state index contributed by atoms with van der Waals surface area (Å²) < 4.78 is 4.97. The minimum absolute atomic E-state index is 0.0259. The minimum Gasteiger partial charge on any atom is -0.456 e. The lowest BCUT2D eigenvalue weighted by molar-refractivity contribution is -0.151. The van der Waals surface area contributed by atoms with E-state index in [1.807, 2.05) is 52.0 Å². The second-order valence-electron chi connectivity index (χ2n) is 7.48. The summed E-state index contributed by atoms with van der Waals surface area (Å²) in [5, 5.41) is 2.81. The van der Waals surface area contributed by atoms with Crippen LogP contribution >= 0.6 is 11.3 Å². The fraction of sp³-hybridized carbons (Fsp3) is 0.391. The first-order valence-electron chi connectivity index (χ1n) is 9.94. The van der Waals surface area contributed by atoms with Gasteiger partial charge in [-0.1, -0.05) is 18.2 Å². The molecule has 0 spiro atoms. The molecule has 0 bridgehead atoms. The topological polar surface area (TPSA) is 92.8 Å². The normalized spacial score (nSPS) is 10.5. The summed E-state index contributed by atoms with van der Waals surface area (Å²) in [5.41, 5.74) is 3.21. The molecule has 0 saturated heterocycles. The van der Waals surface area contributed by atoms with Gasteiger partial charge >= 0.3 is 5.97 Å². The van der Waals surface area contributed by atoms with Crippen LogP contribution in [-0.2, 0) is 19.1 Å². The Balaban J connectivity index is 1.75. The average molecular weight is 445 g/mol. The average Bonchev–Trinajstić information content (AvgIpc) is 3.05. The number of likely N-dealkylation sites (N-methyl/N-ethyl adjacent to an activating group) is 1. The van der Waals surface area contributed by atoms with Gasteiger partial charge in [-0.2, -0.15) is 0 Å². The van der Waals surface area contributed by atoms with Crippen LogP contribution in [0.4, 0.5) is 5.69 Å². The molecule has 0 aliphatic rings. The van der Waals surface area contributed by atoms with Crippen LogP contribution in [0.3, 0.4) is 0 Å². The number of hydrogen-bond donors (Lipinski definition) is 1. The molecule has 166 valence electrons. The van der Waals surface area contributed by atoms with E-state index >= 15 is 0 Å². The zero-order valence-electron chi connectivity index (χ0n) is 18.5. The summed E-state index contributed by atoms with van der Waals surface area (Å²) in [6, 6.07) is 7.50. The van der Waals surface area contributed by atoms with E-state index < -0.39 is 18.5 Å². The molecule has 1 aromatic carbocycles. The third kappa shape index (κ3) is 7.03. The molecule has 0 aliphatic carbocycles. The number of ketones is 1. The number of esters is 1. The number of aryl methyl sites for hydroxylation is 4. The van der Waals surface area contributed by atoms with E-state index in [0.29, 0.717) is 5.56 Å². The van der Waals surface area contributed by atoms with E-state index in [2.05, 4.69) is 5.32 Å². The van der Waals surface area contributed by atoms with Crippen LogP contribution < -0.4 is 5.32 Å². The van der Waals surface area contributed by atoms with Gasteiger partial charge in [-0.25, -0.2) is 0 Å². The first-order chi connectivity index (χ1) is 14.6. The fourth-order valence-corrected chi connectivity index (χ4v) is 4.02. The highest BCUT2D eigenvalue weighted by atomic mass is 32.1. The summed E-state index contributed by atoms with van der Waals surface area (Å²) in [4.78, 5) is 51.7. The fourth-order valence-electron chi connectivity index (χ4n) is 3.08. The third-order valence-electron chi connectivity index (χ3n) is 4.81. The van der Waals surface area contributed by atoms with Crippen LogP contribution in [0.15, 0.2) is 24.3 Å². The SMILES string of the molecule is Cc1cc(C(=O)CCC(=O)OCC(=O)N(C)CC(=O)Nc2c(C)cccc2C)c(C)s1. The monoisotopic (exact) mass is 444 g/mol. The Morgan fingerprint density at radius 1 is 1.03 bits per heavy atom. The van der Waals surface area contributed by atoms with Crippen LogP contribution in [0, 0.1) is 27.7 Å². The molecule has 0 unspecified atom stereocenters. The zero-order valence-corrected chi connectivity index (χ0v) is 19.4. The molecule has 0 radical (unpaired) electrons. The van der Waals surface area contributed by atoms with Gasteiger partial charge in [0.2, 0.25) is 5.91 Å². The van der Waals surface area contributed by atoms with Crippen molar-refractivity contribution in [1.82, 2.24) is 4.90 Å². The highest BCUT2D eigenvalue weighted by Gasteiger charge is 2.18. The lowest BCUT2D eigenvalue weighted by atomic mass is 10.1. The zero-order chi connectivity index (χ0) is 23.1. The first-order valence-corrected chi connectivity index (χ1v) is 10.8. The Morgan fingerprint density at radius 3 is 2.26 bits per heavy atom. The Morgan fingerprint density at radius 2 is 1.68 bits per heavy atom. The number of rotatable bonds is 9. The molecule has 0 aliphatic heterocycles. The van der Waals surface area contributed by atoms with E-state index in [-0.39, 0.29) is 31.1 Å². The molecule has 31 heavy (non-hydrogen) atoms. The maximum absolute atomic E-state index is 12.3. The third-order valence-corrected chi connectivity index (χ3v) is 5.77. The molecule has 0 saturated carbocycles. The highest BCUT2D eigenvalue weighted by Crippen LogP contribution is 2.22. The predicted molar refractivity (Wildman–Crippen MR) is 120 cm³/mol. The van der Waals surface area contributed by atoms with E-state index in [9.17, 15) is 19.2 Å². The van der Waals surface area contributed by atoms with Gasteiger partial charge in [0, 0.05) is 34.5 Å². The van der Waals surface area contributed by atoms with Crippen molar-refractivity contribution in [3.05, 3.63) is 50.7 Å². The quantitative estimate of drug-likeness (QED) is 0.471. The minimum atomic E-state index is -0.625. The predicted octanol–water partition coefficient (Wildman–Crippen LogP) is 3.58. The molecular formula is C23H28N2O5S. The number of para-hydroxylation sites is 1. The largest absolute Gasteiger partial charge is 0.456 e. The molecule has 2 aromatic rings. The van der Waals surface area contributed by atoms with E-state index in [1.165, 1.54) is 23.3 Å². The van der Waals surface area contributed by atoms with E-state index in [1.54, 1.807) is 0 Å². The van der Waals surface area contributed by atoms with Crippen molar-refractivity contribution in [3.8, 4) is 0 Å². The summed E-state index contributed by atoms with van der Waals surface area (Å²) in [6.07, 6.45) is -0.0741. The number of amides is 2. The van der Waals surface area contributed by atoms with Gasteiger partial charge in [-0.3, -0.25) is 19.2 Å². The number of thiophene rings is 1. The van der Waals surface area contributed by atoms with E-state index in [4.69, 9.17) is 4.74 Å². The van der Waals surface area contributed by atoms with E-state index in [0.717, 1.165) is 26.6 Å². The number of hydrogen-bond acceptors (Lipinski definition) is 6. The Hall–Kier alpha value is -3.00. The summed E-state index contributed by atoms with van der Waals surface area (Å²) in [5.74, 6) is -1.59. The Bertz CT molecular complexity index is 976. The number of carbonyl (C=O) groups is 4. The molecule has 2 rings (SSSR count). The summed E-state index contributed by atoms with van der Waals surface area (Å²) in [7, 11) is 1.46. The van der Waals surface area contributed by atoms with Crippen molar-refractivity contribution in [2.24, 2.45) is 0 Å². The number of benzene rings is 1. The summed E-state index contributed by atoms with van der Waals surface area (Å²) >= 11 is 1.54. The Kier molecular flexibility index (Phi) is 8.50. The number of carbonyl (C=O) groups excluding carboxylic acids is 4. The van der Waals surface area contributed by atoms with Crippen LogP contribution in [0.5, 0.6) is 0 Å². The standard InChI is InChI=1S/C23H28N2O5S/c1-14-7-6-8-15(2)23(14)24-20(27)12-25(5)21(28)13-30-22(29)10-9-19(26)18-11-16(3)31-17(18)4/h6-8,11H,9-10,12-13H2,1-5H3,(H,24,27). The second-order valence-corrected chi connectivity index (χ2v) is 8.94. The van der Waals surface area contributed by atoms with Crippen molar-refractivity contribution >= 4 is 40.6 Å². The van der Waals surface area contributed by atoms with Crippen molar-refractivity contribution in [1.29, 1.82) is 0 Å². The van der Waals surface area contributed by atoms with Gasteiger partial charge in [0.05, 0.1) is 13.0 Å². The smallest absolute Gasteiger partial charge is 0.306 e. The van der Waals surface area contributed by atoms with Crippen molar-refractivity contribution < 1.29 is 23.9 Å². The Labute approximate surface area is 186 Å². The molecular weight excluding hydrogens is 416 g/mol. The summed E-state index contributed by atoms with van der Waals surface area (Å²) in [6.45, 7) is 6.93. The van der Waals surface area contributed by atoms with Crippen LogP contribution in [0.25, 0.3) is 0 Å². The van der Waals surface area contributed by atoms with Gasteiger partial charge in [0.1, 0.15) is 0 Å². The molecule has 1 N–H and O–H groups in total. The highest BCUT2D eigenvalue weighted by molar-refractivity contribution is 7.12. The number of nitrogens with one attached hydrogen (secondary N) is 1. The number of Topliss-reactive ketones (excluding diaryl/α,β-unsaturated/α-hetero) is 1. The lowest BCUT2D eigenvalue weighted by Crippen LogP contribution is -2.37. The van der Waals surface area contributed by atoms with Crippen molar-refractivity contribution in [3.63, 3.8) is 0 Å². The van der Waals surface area contributed by atoms with Crippen LogP contribution in [-0.4, -0.2) is 48.7 Å². The maximum Gasteiger partial charge on any atom is 0.306 e. The first kappa shape index (κ1) is 24.3. The molecule has 0 fully saturated rings. The van der Waals surface area contributed by atoms with Crippen LogP contribution in [0.1, 0.15) is 44.1 Å². The molecule has 2 amide bonds.